The van der Waals surface area contributed by atoms with Crippen LogP contribution in [0.2, 0.25) is 5.02 Å². The van der Waals surface area contributed by atoms with Crippen LogP contribution in [-0.4, -0.2) is 46.5 Å². The number of carbonyl (C=O) groups excluding carboxylic acids is 1. The summed E-state index contributed by atoms with van der Waals surface area (Å²) in [7, 11) is 0. The fourth-order valence-corrected chi connectivity index (χ4v) is 3.64. The number of piperazine rings is 1. The molecule has 4 rings (SSSR count). The zero-order valence-electron chi connectivity index (χ0n) is 16.6. The Kier molecular flexibility index (Phi) is 5.99. The first-order valence-electron chi connectivity index (χ1n) is 9.67. The molecule has 9 heteroatoms. The molecule has 2 aromatic carbocycles. The van der Waals surface area contributed by atoms with Gasteiger partial charge in [-0.05, 0) is 43.3 Å². The van der Waals surface area contributed by atoms with Crippen LogP contribution in [0.25, 0.3) is 0 Å². The van der Waals surface area contributed by atoms with Gasteiger partial charge >= 0.3 is 0 Å². The van der Waals surface area contributed by atoms with Gasteiger partial charge in [-0.2, -0.15) is 0 Å². The molecule has 1 aromatic heterocycles. The van der Waals surface area contributed by atoms with Crippen molar-refractivity contribution in [1.82, 2.24) is 14.9 Å². The van der Waals surface area contributed by atoms with E-state index in [1.807, 2.05) is 11.8 Å². The van der Waals surface area contributed by atoms with Crippen LogP contribution in [0.5, 0.6) is 11.6 Å². The van der Waals surface area contributed by atoms with Gasteiger partial charge in [0.2, 0.25) is 5.88 Å². The standard InChI is InChI=1S/C22H19ClF2N4O2/c1-14-12-28(7-8-29(14)22(30)15-3-2-4-17(24)9-15)20-11-21(27-13-26-20)31-19-6-5-16(23)10-18(19)25/h2-6,9-11,13-14H,7-8,12H2,1H3. The number of hydrogen-bond donors (Lipinski definition) is 0. The molecule has 2 heterocycles. The van der Waals surface area contributed by atoms with Crippen molar-refractivity contribution in [2.75, 3.05) is 24.5 Å². The molecule has 6 nitrogen and oxygen atoms in total. The number of carbonyl (C=O) groups is 1. The van der Waals surface area contributed by atoms with Gasteiger partial charge in [0.15, 0.2) is 11.6 Å². The Morgan fingerprint density at radius 2 is 1.97 bits per heavy atom. The van der Waals surface area contributed by atoms with E-state index < -0.39 is 11.6 Å². The maximum absolute atomic E-state index is 14.0. The Labute approximate surface area is 183 Å². The van der Waals surface area contributed by atoms with Crippen LogP contribution in [0.1, 0.15) is 17.3 Å². The molecular weight excluding hydrogens is 426 g/mol. The molecular formula is C22H19ClF2N4O2. The van der Waals surface area contributed by atoms with Crippen LogP contribution in [0, 0.1) is 11.6 Å². The van der Waals surface area contributed by atoms with Gasteiger partial charge in [0.05, 0.1) is 0 Å². The van der Waals surface area contributed by atoms with E-state index in [1.54, 1.807) is 17.0 Å². The molecule has 0 spiro atoms. The second kappa shape index (κ2) is 8.85. The van der Waals surface area contributed by atoms with Crippen molar-refractivity contribution in [2.45, 2.75) is 13.0 Å². The van der Waals surface area contributed by atoms with Crippen molar-refractivity contribution in [2.24, 2.45) is 0 Å². The normalized spacial score (nSPS) is 16.3. The minimum atomic E-state index is -0.592. The number of rotatable bonds is 4. The quantitative estimate of drug-likeness (QED) is 0.590. The molecule has 1 aliphatic heterocycles. The molecule has 1 saturated heterocycles. The Hall–Kier alpha value is -3.26. The van der Waals surface area contributed by atoms with Gasteiger partial charge in [0, 0.05) is 42.3 Å². The van der Waals surface area contributed by atoms with Crippen LogP contribution in [0.15, 0.2) is 54.9 Å². The number of benzene rings is 2. The van der Waals surface area contributed by atoms with Crippen molar-refractivity contribution in [3.63, 3.8) is 0 Å². The molecule has 1 aliphatic rings. The number of amides is 1. The number of ether oxygens (including phenoxy) is 1. The smallest absolute Gasteiger partial charge is 0.254 e. The highest BCUT2D eigenvalue weighted by Crippen LogP contribution is 2.27. The zero-order chi connectivity index (χ0) is 22.0. The second-order valence-corrected chi connectivity index (χ2v) is 7.63. The molecule has 1 atom stereocenters. The van der Waals surface area contributed by atoms with Gasteiger partial charge < -0.3 is 14.5 Å². The molecule has 1 fully saturated rings. The number of nitrogens with zero attached hydrogens (tertiary/aromatic N) is 4. The van der Waals surface area contributed by atoms with Gasteiger partial charge in [0.1, 0.15) is 18.0 Å². The lowest BCUT2D eigenvalue weighted by molar-refractivity contribution is 0.0673. The monoisotopic (exact) mass is 444 g/mol. The maximum Gasteiger partial charge on any atom is 0.254 e. The van der Waals surface area contributed by atoms with Gasteiger partial charge in [-0.25, -0.2) is 18.7 Å². The second-order valence-electron chi connectivity index (χ2n) is 7.20. The van der Waals surface area contributed by atoms with Gasteiger partial charge in [0.25, 0.3) is 5.91 Å². The summed E-state index contributed by atoms with van der Waals surface area (Å²) in [4.78, 5) is 24.8. The molecule has 1 unspecified atom stereocenters. The average molecular weight is 445 g/mol. The Morgan fingerprint density at radius 3 is 2.71 bits per heavy atom. The van der Waals surface area contributed by atoms with Crippen molar-refractivity contribution < 1.29 is 18.3 Å². The van der Waals surface area contributed by atoms with Crippen molar-refractivity contribution in [1.29, 1.82) is 0 Å². The molecule has 0 radical (unpaired) electrons. The third kappa shape index (κ3) is 4.74. The zero-order valence-corrected chi connectivity index (χ0v) is 17.4. The minimum absolute atomic E-state index is 0.00734. The Balaban J connectivity index is 1.45. The van der Waals surface area contributed by atoms with Crippen LogP contribution < -0.4 is 9.64 Å². The minimum Gasteiger partial charge on any atom is -0.436 e. The van der Waals surface area contributed by atoms with Gasteiger partial charge in [-0.15, -0.1) is 0 Å². The van der Waals surface area contributed by atoms with Crippen LogP contribution in [0.4, 0.5) is 14.6 Å². The first kappa shape index (κ1) is 21.0. The summed E-state index contributed by atoms with van der Waals surface area (Å²) in [6, 6.07) is 11.3. The summed E-state index contributed by atoms with van der Waals surface area (Å²) in [6.45, 7) is 3.41. The SMILES string of the molecule is CC1CN(c2cc(Oc3ccc(Cl)cc3F)ncn2)CCN1C(=O)c1cccc(F)c1. The highest BCUT2D eigenvalue weighted by molar-refractivity contribution is 6.30. The fraction of sp³-hybridized carbons (Fsp3) is 0.227. The summed E-state index contributed by atoms with van der Waals surface area (Å²) in [5.74, 6) is -0.445. The predicted octanol–water partition coefficient (Wildman–Crippen LogP) is 4.55. The highest BCUT2D eigenvalue weighted by Gasteiger charge is 2.29. The van der Waals surface area contributed by atoms with Crippen molar-refractivity contribution in [3.8, 4) is 11.6 Å². The fourth-order valence-electron chi connectivity index (χ4n) is 3.48. The van der Waals surface area contributed by atoms with E-state index in [0.717, 1.165) is 6.07 Å². The van der Waals surface area contributed by atoms with Crippen LogP contribution in [0.3, 0.4) is 0 Å². The van der Waals surface area contributed by atoms with E-state index in [-0.39, 0.29) is 28.6 Å². The lowest BCUT2D eigenvalue weighted by Crippen LogP contribution is -2.54. The average Bonchev–Trinajstić information content (AvgIpc) is 2.75. The molecule has 31 heavy (non-hydrogen) atoms. The van der Waals surface area contributed by atoms with Crippen molar-refractivity contribution in [3.05, 3.63) is 77.1 Å². The largest absolute Gasteiger partial charge is 0.436 e. The highest BCUT2D eigenvalue weighted by atomic mass is 35.5. The summed E-state index contributed by atoms with van der Waals surface area (Å²) >= 11 is 5.77. The summed E-state index contributed by atoms with van der Waals surface area (Å²) in [5, 5.41) is 0.271. The van der Waals surface area contributed by atoms with E-state index in [1.165, 1.54) is 36.7 Å². The molecule has 0 saturated carbocycles. The first-order valence-corrected chi connectivity index (χ1v) is 10.0. The Bertz CT molecular complexity index is 1110. The Morgan fingerprint density at radius 1 is 1.13 bits per heavy atom. The lowest BCUT2D eigenvalue weighted by Gasteiger charge is -2.40. The maximum atomic E-state index is 14.0. The molecule has 0 bridgehead atoms. The predicted molar refractivity (Wildman–Crippen MR) is 113 cm³/mol. The van der Waals surface area contributed by atoms with E-state index >= 15 is 0 Å². The summed E-state index contributed by atoms with van der Waals surface area (Å²) in [5.41, 5.74) is 0.322. The number of halogens is 3. The third-order valence-electron chi connectivity index (χ3n) is 5.02. The van der Waals surface area contributed by atoms with Gasteiger partial charge in [-0.1, -0.05) is 17.7 Å². The van der Waals surface area contributed by atoms with Crippen LogP contribution >= 0.6 is 11.6 Å². The van der Waals surface area contributed by atoms with E-state index in [4.69, 9.17) is 16.3 Å². The van der Waals surface area contributed by atoms with Crippen LogP contribution in [-0.2, 0) is 0 Å². The lowest BCUT2D eigenvalue weighted by atomic mass is 10.1. The number of hydrogen-bond acceptors (Lipinski definition) is 5. The number of aromatic nitrogens is 2. The van der Waals surface area contributed by atoms with Gasteiger partial charge in [-0.3, -0.25) is 4.79 Å². The third-order valence-corrected chi connectivity index (χ3v) is 5.26. The topological polar surface area (TPSA) is 58.6 Å². The molecule has 160 valence electrons. The molecule has 1 amide bonds. The van der Waals surface area contributed by atoms with E-state index in [2.05, 4.69) is 9.97 Å². The summed E-state index contributed by atoms with van der Waals surface area (Å²) in [6.07, 6.45) is 1.34. The van der Waals surface area contributed by atoms with Crippen molar-refractivity contribution >= 4 is 23.3 Å². The molecule has 3 aromatic rings. The summed E-state index contributed by atoms with van der Waals surface area (Å²) < 4.78 is 33.0. The van der Waals surface area contributed by atoms with E-state index in [0.29, 0.717) is 31.0 Å². The molecule has 0 aliphatic carbocycles. The van der Waals surface area contributed by atoms with E-state index in [9.17, 15) is 13.6 Å². The molecule has 0 N–H and O–H groups in total. The first-order chi connectivity index (χ1) is 14.9. The number of anilines is 1.